The van der Waals surface area contributed by atoms with Crippen LogP contribution in [0.2, 0.25) is 0 Å². The summed E-state index contributed by atoms with van der Waals surface area (Å²) in [5.41, 5.74) is 5.56. The Morgan fingerprint density at radius 1 is 1.10 bits per heavy atom. The zero-order chi connectivity index (χ0) is 15.4. The monoisotopic (exact) mass is 285 g/mol. The van der Waals surface area contributed by atoms with Crippen LogP contribution >= 0.6 is 0 Å². The lowest BCUT2D eigenvalue weighted by atomic mass is 9.78. The van der Waals surface area contributed by atoms with Crippen LogP contribution in [-0.4, -0.2) is 43.5 Å². The van der Waals surface area contributed by atoms with Crippen LogP contribution in [0.25, 0.3) is 0 Å². The fourth-order valence-corrected chi connectivity index (χ4v) is 2.84. The minimum absolute atomic E-state index is 0.156. The Kier molecular flexibility index (Phi) is 10.8. The molecule has 20 heavy (non-hydrogen) atoms. The first-order valence-electron chi connectivity index (χ1n) is 8.30. The molecule has 0 spiro atoms. The van der Waals surface area contributed by atoms with Crippen LogP contribution in [0.1, 0.15) is 59.8 Å². The van der Waals surface area contributed by atoms with E-state index >= 15 is 0 Å². The SMILES string of the molecule is CCCC(CN)(CCC)C(=O)NCCCN(CC)CC. The van der Waals surface area contributed by atoms with E-state index in [2.05, 4.69) is 37.9 Å². The number of hydrogen-bond donors (Lipinski definition) is 2. The van der Waals surface area contributed by atoms with Gasteiger partial charge in [-0.1, -0.05) is 40.5 Å². The first-order chi connectivity index (χ1) is 9.60. The highest BCUT2D eigenvalue weighted by Gasteiger charge is 2.34. The van der Waals surface area contributed by atoms with Crippen molar-refractivity contribution in [2.45, 2.75) is 59.8 Å². The number of nitrogens with one attached hydrogen (secondary N) is 1. The average Bonchev–Trinajstić information content (AvgIpc) is 2.46. The molecule has 0 aromatic carbocycles. The second kappa shape index (κ2) is 11.1. The summed E-state index contributed by atoms with van der Waals surface area (Å²) in [6.07, 6.45) is 4.79. The van der Waals surface area contributed by atoms with E-state index in [4.69, 9.17) is 5.73 Å². The lowest BCUT2D eigenvalue weighted by Gasteiger charge is -2.31. The molecule has 0 saturated carbocycles. The molecule has 4 heteroatoms. The maximum absolute atomic E-state index is 12.5. The third-order valence-electron chi connectivity index (χ3n) is 4.16. The van der Waals surface area contributed by atoms with E-state index in [-0.39, 0.29) is 11.3 Å². The van der Waals surface area contributed by atoms with Gasteiger partial charge < -0.3 is 16.0 Å². The van der Waals surface area contributed by atoms with Crippen molar-refractivity contribution in [2.24, 2.45) is 11.1 Å². The van der Waals surface area contributed by atoms with Crippen LogP contribution in [-0.2, 0) is 4.79 Å². The molecule has 0 fully saturated rings. The van der Waals surface area contributed by atoms with Gasteiger partial charge in [0.15, 0.2) is 0 Å². The van der Waals surface area contributed by atoms with E-state index in [1.54, 1.807) is 0 Å². The number of nitrogens with two attached hydrogens (primary N) is 1. The lowest BCUT2D eigenvalue weighted by Crippen LogP contribution is -2.46. The topological polar surface area (TPSA) is 58.4 Å². The molecule has 0 saturated heterocycles. The summed E-state index contributed by atoms with van der Waals surface area (Å²) >= 11 is 0. The van der Waals surface area contributed by atoms with Crippen molar-refractivity contribution in [3.63, 3.8) is 0 Å². The summed E-state index contributed by atoms with van der Waals surface area (Å²) in [5.74, 6) is 0.156. The fourth-order valence-electron chi connectivity index (χ4n) is 2.84. The molecule has 0 radical (unpaired) electrons. The molecule has 0 rings (SSSR count). The van der Waals surface area contributed by atoms with Gasteiger partial charge in [0.1, 0.15) is 0 Å². The van der Waals surface area contributed by atoms with E-state index in [0.29, 0.717) is 6.54 Å². The molecule has 0 aromatic heterocycles. The van der Waals surface area contributed by atoms with Crippen molar-refractivity contribution in [1.29, 1.82) is 0 Å². The van der Waals surface area contributed by atoms with Crippen LogP contribution in [0.3, 0.4) is 0 Å². The van der Waals surface area contributed by atoms with Crippen LogP contribution in [0.4, 0.5) is 0 Å². The molecule has 4 nitrogen and oxygen atoms in total. The molecular formula is C16H35N3O. The van der Waals surface area contributed by atoms with Gasteiger partial charge in [-0.3, -0.25) is 4.79 Å². The smallest absolute Gasteiger partial charge is 0.227 e. The zero-order valence-electron chi connectivity index (χ0n) is 14.0. The van der Waals surface area contributed by atoms with Crippen molar-refractivity contribution < 1.29 is 4.79 Å². The summed E-state index contributed by atoms with van der Waals surface area (Å²) in [6.45, 7) is 13.0. The second-order valence-corrected chi connectivity index (χ2v) is 5.62. The first kappa shape index (κ1) is 19.4. The molecular weight excluding hydrogens is 250 g/mol. The highest BCUT2D eigenvalue weighted by atomic mass is 16.2. The lowest BCUT2D eigenvalue weighted by molar-refractivity contribution is -0.131. The third-order valence-corrected chi connectivity index (χ3v) is 4.16. The van der Waals surface area contributed by atoms with Gasteiger partial charge in [-0.05, 0) is 38.9 Å². The van der Waals surface area contributed by atoms with Crippen LogP contribution in [0.15, 0.2) is 0 Å². The Bertz CT molecular complexity index is 246. The number of amides is 1. The number of hydrogen-bond acceptors (Lipinski definition) is 3. The molecule has 0 bridgehead atoms. The Labute approximate surface area is 125 Å². The van der Waals surface area contributed by atoms with Gasteiger partial charge >= 0.3 is 0 Å². The van der Waals surface area contributed by atoms with Crippen molar-refractivity contribution in [3.8, 4) is 0 Å². The largest absolute Gasteiger partial charge is 0.356 e. The van der Waals surface area contributed by atoms with Crippen LogP contribution in [0.5, 0.6) is 0 Å². The minimum Gasteiger partial charge on any atom is -0.356 e. The van der Waals surface area contributed by atoms with Crippen molar-refractivity contribution >= 4 is 5.91 Å². The van der Waals surface area contributed by atoms with Gasteiger partial charge in [-0.15, -0.1) is 0 Å². The molecule has 3 N–H and O–H groups in total. The summed E-state index contributed by atoms with van der Waals surface area (Å²) in [4.78, 5) is 14.8. The maximum atomic E-state index is 12.5. The van der Waals surface area contributed by atoms with E-state index in [0.717, 1.165) is 58.3 Å². The molecule has 0 aromatic rings. The predicted molar refractivity (Wildman–Crippen MR) is 86.7 cm³/mol. The molecule has 1 amide bonds. The summed E-state index contributed by atoms with van der Waals surface area (Å²) in [6, 6.07) is 0. The first-order valence-corrected chi connectivity index (χ1v) is 8.30. The molecule has 0 aliphatic rings. The molecule has 0 aliphatic heterocycles. The predicted octanol–water partition coefficient (Wildman–Crippen LogP) is 2.38. The highest BCUT2D eigenvalue weighted by Crippen LogP contribution is 2.28. The molecule has 0 heterocycles. The molecule has 0 unspecified atom stereocenters. The van der Waals surface area contributed by atoms with E-state index in [1.807, 2.05) is 0 Å². The Hall–Kier alpha value is -0.610. The zero-order valence-corrected chi connectivity index (χ0v) is 14.0. The van der Waals surface area contributed by atoms with E-state index < -0.39 is 0 Å². The van der Waals surface area contributed by atoms with Crippen molar-refractivity contribution in [3.05, 3.63) is 0 Å². The third kappa shape index (κ3) is 6.23. The highest BCUT2D eigenvalue weighted by molar-refractivity contribution is 5.82. The molecule has 120 valence electrons. The quantitative estimate of drug-likeness (QED) is 0.541. The van der Waals surface area contributed by atoms with Gasteiger partial charge in [-0.2, -0.15) is 0 Å². The van der Waals surface area contributed by atoms with Crippen molar-refractivity contribution in [2.75, 3.05) is 32.7 Å². The number of rotatable bonds is 12. The fraction of sp³-hybridized carbons (Fsp3) is 0.938. The Balaban J connectivity index is 4.26. The van der Waals surface area contributed by atoms with Gasteiger partial charge in [0, 0.05) is 13.1 Å². The van der Waals surface area contributed by atoms with Gasteiger partial charge in [-0.25, -0.2) is 0 Å². The van der Waals surface area contributed by atoms with Gasteiger partial charge in [0.25, 0.3) is 0 Å². The number of carbonyl (C=O) groups is 1. The Morgan fingerprint density at radius 3 is 2.05 bits per heavy atom. The molecule has 0 atom stereocenters. The molecule has 0 aliphatic carbocycles. The summed E-state index contributed by atoms with van der Waals surface area (Å²) in [7, 11) is 0. The second-order valence-electron chi connectivity index (χ2n) is 5.62. The van der Waals surface area contributed by atoms with Crippen LogP contribution < -0.4 is 11.1 Å². The van der Waals surface area contributed by atoms with E-state index in [1.165, 1.54) is 0 Å². The summed E-state index contributed by atoms with van der Waals surface area (Å²) in [5, 5.41) is 3.10. The normalized spacial score (nSPS) is 11.9. The van der Waals surface area contributed by atoms with Gasteiger partial charge in [0.2, 0.25) is 5.91 Å². The maximum Gasteiger partial charge on any atom is 0.227 e. The standard InChI is InChI=1S/C16H35N3O/c1-5-10-16(14-17,11-6-2)15(20)18-12-9-13-19(7-3)8-4/h5-14,17H2,1-4H3,(H,18,20). The van der Waals surface area contributed by atoms with Gasteiger partial charge in [0.05, 0.1) is 5.41 Å². The van der Waals surface area contributed by atoms with Crippen LogP contribution in [0, 0.1) is 5.41 Å². The number of carbonyl (C=O) groups excluding carboxylic acids is 1. The van der Waals surface area contributed by atoms with E-state index in [9.17, 15) is 4.79 Å². The number of nitrogens with zero attached hydrogens (tertiary/aromatic N) is 1. The van der Waals surface area contributed by atoms with Crippen molar-refractivity contribution in [1.82, 2.24) is 10.2 Å². The minimum atomic E-state index is -0.349. The Morgan fingerprint density at radius 2 is 1.65 bits per heavy atom. The average molecular weight is 285 g/mol. The summed E-state index contributed by atoms with van der Waals surface area (Å²) < 4.78 is 0.